The Labute approximate surface area is 115 Å². The summed E-state index contributed by atoms with van der Waals surface area (Å²) in [6, 6.07) is 15.0. The van der Waals surface area contributed by atoms with Crippen LogP contribution in [0.2, 0.25) is 0 Å². The van der Waals surface area contributed by atoms with Gasteiger partial charge in [-0.1, -0.05) is 24.3 Å². The van der Waals surface area contributed by atoms with Gasteiger partial charge < -0.3 is 14.9 Å². The SMILES string of the molecule is Oc1cc(O)c2c(c1)Oc1cc3ccccc3cc1C2. The van der Waals surface area contributed by atoms with Crippen molar-refractivity contribution >= 4 is 10.8 Å². The number of rotatable bonds is 0. The van der Waals surface area contributed by atoms with Crippen LogP contribution in [0.3, 0.4) is 0 Å². The van der Waals surface area contributed by atoms with E-state index in [2.05, 4.69) is 12.1 Å². The first-order valence-corrected chi connectivity index (χ1v) is 6.45. The van der Waals surface area contributed by atoms with Crippen molar-refractivity contribution in [1.82, 2.24) is 0 Å². The van der Waals surface area contributed by atoms with Crippen LogP contribution in [0.1, 0.15) is 11.1 Å². The normalized spacial score (nSPS) is 12.6. The predicted molar refractivity (Wildman–Crippen MR) is 76.6 cm³/mol. The molecule has 0 atom stereocenters. The van der Waals surface area contributed by atoms with E-state index in [1.165, 1.54) is 12.1 Å². The second kappa shape index (κ2) is 3.90. The summed E-state index contributed by atoms with van der Waals surface area (Å²) in [5.74, 6) is 1.37. The lowest BCUT2D eigenvalue weighted by Gasteiger charge is -2.21. The van der Waals surface area contributed by atoms with Gasteiger partial charge >= 0.3 is 0 Å². The quantitative estimate of drug-likeness (QED) is 0.505. The number of aromatic hydroxyl groups is 2. The molecule has 0 saturated carbocycles. The minimum atomic E-state index is 0.00508. The Morgan fingerprint density at radius 3 is 2.40 bits per heavy atom. The zero-order chi connectivity index (χ0) is 13.7. The summed E-state index contributed by atoms with van der Waals surface area (Å²) >= 11 is 0. The van der Waals surface area contributed by atoms with E-state index in [4.69, 9.17) is 4.74 Å². The topological polar surface area (TPSA) is 49.7 Å². The number of phenolic OH excluding ortho intramolecular Hbond substituents is 2. The average Bonchev–Trinajstić information content (AvgIpc) is 2.43. The molecular formula is C17H12O3. The lowest BCUT2D eigenvalue weighted by molar-refractivity contribution is 0.415. The maximum Gasteiger partial charge on any atom is 0.138 e. The molecule has 0 aromatic heterocycles. The molecule has 20 heavy (non-hydrogen) atoms. The molecule has 0 bridgehead atoms. The Morgan fingerprint density at radius 1 is 0.850 bits per heavy atom. The van der Waals surface area contributed by atoms with E-state index < -0.39 is 0 Å². The Balaban J connectivity index is 1.91. The fraction of sp³-hybridized carbons (Fsp3) is 0.0588. The van der Waals surface area contributed by atoms with Crippen LogP contribution in [0.25, 0.3) is 10.8 Å². The predicted octanol–water partition coefficient (Wildman–Crippen LogP) is 3.95. The summed E-state index contributed by atoms with van der Waals surface area (Å²) in [5.41, 5.74) is 1.75. The van der Waals surface area contributed by atoms with Crippen LogP contribution in [0.5, 0.6) is 23.0 Å². The molecule has 0 radical (unpaired) electrons. The third-order valence-electron chi connectivity index (χ3n) is 3.69. The first-order valence-electron chi connectivity index (χ1n) is 6.45. The molecule has 98 valence electrons. The summed E-state index contributed by atoms with van der Waals surface area (Å²) in [7, 11) is 0. The molecule has 3 nitrogen and oxygen atoms in total. The molecule has 3 heteroatoms. The Kier molecular flexibility index (Phi) is 2.18. The lowest BCUT2D eigenvalue weighted by atomic mass is 9.96. The van der Waals surface area contributed by atoms with Gasteiger partial charge in [-0.15, -0.1) is 0 Å². The Bertz CT molecular complexity index is 837. The third kappa shape index (κ3) is 1.60. The highest BCUT2D eigenvalue weighted by molar-refractivity contribution is 5.85. The summed E-state index contributed by atoms with van der Waals surface area (Å²) in [4.78, 5) is 0. The Morgan fingerprint density at radius 2 is 1.60 bits per heavy atom. The van der Waals surface area contributed by atoms with Crippen LogP contribution in [-0.4, -0.2) is 10.2 Å². The standard InChI is InChI=1S/C17H12O3/c18-13-8-15(19)14-6-12-5-10-3-1-2-4-11(10)7-16(12)20-17(14)9-13/h1-5,7-9,18-19H,6H2. The molecule has 0 saturated heterocycles. The van der Waals surface area contributed by atoms with E-state index in [1.807, 2.05) is 24.3 Å². The first kappa shape index (κ1) is 11.2. The van der Waals surface area contributed by atoms with Gasteiger partial charge in [-0.3, -0.25) is 0 Å². The number of phenols is 2. The number of fused-ring (bicyclic) bond motifs is 3. The summed E-state index contributed by atoms with van der Waals surface area (Å²) < 4.78 is 5.83. The maximum atomic E-state index is 9.94. The highest BCUT2D eigenvalue weighted by atomic mass is 16.5. The molecular weight excluding hydrogens is 252 g/mol. The molecule has 4 rings (SSSR count). The average molecular weight is 264 g/mol. The maximum absolute atomic E-state index is 9.94. The molecule has 0 fully saturated rings. The Hall–Kier alpha value is -2.68. The van der Waals surface area contributed by atoms with Crippen LogP contribution in [0.15, 0.2) is 48.5 Å². The van der Waals surface area contributed by atoms with E-state index in [-0.39, 0.29) is 11.5 Å². The molecule has 1 aliphatic rings. The van der Waals surface area contributed by atoms with Crippen LogP contribution in [-0.2, 0) is 6.42 Å². The first-order chi connectivity index (χ1) is 9.70. The van der Waals surface area contributed by atoms with Crippen molar-refractivity contribution in [2.45, 2.75) is 6.42 Å². The third-order valence-corrected chi connectivity index (χ3v) is 3.69. The lowest BCUT2D eigenvalue weighted by Crippen LogP contribution is -2.03. The zero-order valence-corrected chi connectivity index (χ0v) is 10.6. The van der Waals surface area contributed by atoms with Gasteiger partial charge in [-0.2, -0.15) is 0 Å². The van der Waals surface area contributed by atoms with E-state index in [9.17, 15) is 10.2 Å². The molecule has 3 aromatic carbocycles. The minimum absolute atomic E-state index is 0.00508. The van der Waals surface area contributed by atoms with Gasteiger partial charge in [-0.05, 0) is 22.9 Å². The van der Waals surface area contributed by atoms with Crippen molar-refractivity contribution in [3.63, 3.8) is 0 Å². The zero-order valence-electron chi connectivity index (χ0n) is 10.6. The van der Waals surface area contributed by atoms with Crippen LogP contribution in [0.4, 0.5) is 0 Å². The molecule has 1 heterocycles. The highest BCUT2D eigenvalue weighted by Gasteiger charge is 2.21. The van der Waals surface area contributed by atoms with Crippen molar-refractivity contribution in [1.29, 1.82) is 0 Å². The van der Waals surface area contributed by atoms with Crippen LogP contribution < -0.4 is 4.74 Å². The van der Waals surface area contributed by atoms with Crippen LogP contribution >= 0.6 is 0 Å². The highest BCUT2D eigenvalue weighted by Crippen LogP contribution is 2.43. The van der Waals surface area contributed by atoms with Gasteiger partial charge in [0.2, 0.25) is 0 Å². The van der Waals surface area contributed by atoms with E-state index in [0.29, 0.717) is 17.7 Å². The fourth-order valence-corrected chi connectivity index (χ4v) is 2.69. The second-order valence-electron chi connectivity index (χ2n) is 5.03. The van der Waals surface area contributed by atoms with Crippen molar-refractivity contribution < 1.29 is 14.9 Å². The fourth-order valence-electron chi connectivity index (χ4n) is 2.69. The molecule has 0 unspecified atom stereocenters. The van der Waals surface area contributed by atoms with Crippen LogP contribution in [0, 0.1) is 0 Å². The summed E-state index contributed by atoms with van der Waals surface area (Å²) in [6.45, 7) is 0. The number of hydrogen-bond donors (Lipinski definition) is 2. The molecule has 1 aliphatic heterocycles. The van der Waals surface area contributed by atoms with Crippen molar-refractivity contribution in [3.8, 4) is 23.0 Å². The second-order valence-corrected chi connectivity index (χ2v) is 5.03. The molecule has 0 aliphatic carbocycles. The number of benzene rings is 3. The molecule has 2 N–H and O–H groups in total. The van der Waals surface area contributed by atoms with Gasteiger partial charge in [0.1, 0.15) is 23.0 Å². The summed E-state index contributed by atoms with van der Waals surface area (Å²) in [6.07, 6.45) is 0.599. The minimum Gasteiger partial charge on any atom is -0.508 e. The molecule has 0 amide bonds. The van der Waals surface area contributed by atoms with Crippen molar-refractivity contribution in [3.05, 3.63) is 59.7 Å². The molecule has 0 spiro atoms. The van der Waals surface area contributed by atoms with E-state index >= 15 is 0 Å². The van der Waals surface area contributed by atoms with Gasteiger partial charge in [0.25, 0.3) is 0 Å². The smallest absolute Gasteiger partial charge is 0.138 e. The van der Waals surface area contributed by atoms with Crippen molar-refractivity contribution in [2.75, 3.05) is 0 Å². The largest absolute Gasteiger partial charge is 0.508 e. The molecule has 3 aromatic rings. The monoisotopic (exact) mass is 264 g/mol. The van der Waals surface area contributed by atoms with Gasteiger partial charge in [0, 0.05) is 29.7 Å². The van der Waals surface area contributed by atoms with E-state index in [1.54, 1.807) is 0 Å². The summed E-state index contributed by atoms with van der Waals surface area (Å²) in [5, 5.41) is 21.7. The van der Waals surface area contributed by atoms with E-state index in [0.717, 1.165) is 22.1 Å². The van der Waals surface area contributed by atoms with Gasteiger partial charge in [0.05, 0.1) is 0 Å². The number of hydrogen-bond acceptors (Lipinski definition) is 3. The van der Waals surface area contributed by atoms with Gasteiger partial charge in [0.15, 0.2) is 0 Å². The number of ether oxygens (including phenoxy) is 1. The van der Waals surface area contributed by atoms with Gasteiger partial charge in [-0.25, -0.2) is 0 Å². The van der Waals surface area contributed by atoms with Crippen molar-refractivity contribution in [2.24, 2.45) is 0 Å².